The molecule has 2 N–H and O–H groups in total. The number of aryl methyl sites for hydroxylation is 1. The average Bonchev–Trinajstić information content (AvgIpc) is 2.38. The van der Waals surface area contributed by atoms with Gasteiger partial charge in [0.2, 0.25) is 0 Å². The van der Waals surface area contributed by atoms with Gasteiger partial charge in [-0.3, -0.25) is 4.90 Å². The predicted octanol–water partition coefficient (Wildman–Crippen LogP) is 3.51. The molecule has 1 aromatic rings. The Kier molecular flexibility index (Phi) is 6.37. The molecule has 0 aliphatic rings. The zero-order chi connectivity index (χ0) is 13.5. The standard InChI is InChI=1S/C16H28N2/c1-5-11-18(12-6-2)14(4)16(17)15-9-7-13(3)8-10-15/h7-10,14,16H,5-6,11-12,17H2,1-4H3. The van der Waals surface area contributed by atoms with E-state index in [0.717, 1.165) is 13.1 Å². The fourth-order valence-corrected chi connectivity index (χ4v) is 2.39. The van der Waals surface area contributed by atoms with Crippen molar-refractivity contribution in [3.8, 4) is 0 Å². The third-order valence-electron chi connectivity index (χ3n) is 3.58. The van der Waals surface area contributed by atoms with Crippen LogP contribution in [0.3, 0.4) is 0 Å². The first-order valence-electron chi connectivity index (χ1n) is 7.16. The van der Waals surface area contributed by atoms with Gasteiger partial charge in [0.05, 0.1) is 0 Å². The van der Waals surface area contributed by atoms with E-state index in [1.807, 2.05) is 0 Å². The maximum atomic E-state index is 6.41. The highest BCUT2D eigenvalue weighted by Gasteiger charge is 2.20. The van der Waals surface area contributed by atoms with E-state index in [-0.39, 0.29) is 6.04 Å². The van der Waals surface area contributed by atoms with E-state index < -0.39 is 0 Å². The first kappa shape index (κ1) is 15.2. The molecule has 0 aliphatic heterocycles. The van der Waals surface area contributed by atoms with E-state index in [2.05, 4.69) is 56.9 Å². The van der Waals surface area contributed by atoms with Crippen molar-refractivity contribution in [3.05, 3.63) is 35.4 Å². The van der Waals surface area contributed by atoms with Crippen molar-refractivity contribution in [3.63, 3.8) is 0 Å². The molecular weight excluding hydrogens is 220 g/mol. The number of hydrogen-bond donors (Lipinski definition) is 1. The molecule has 2 unspecified atom stereocenters. The minimum atomic E-state index is 0.101. The lowest BCUT2D eigenvalue weighted by Crippen LogP contribution is -2.41. The highest BCUT2D eigenvalue weighted by Crippen LogP contribution is 2.19. The van der Waals surface area contributed by atoms with Gasteiger partial charge in [-0.05, 0) is 45.3 Å². The summed E-state index contributed by atoms with van der Waals surface area (Å²) >= 11 is 0. The van der Waals surface area contributed by atoms with Gasteiger partial charge in [-0.1, -0.05) is 43.7 Å². The molecule has 2 nitrogen and oxygen atoms in total. The van der Waals surface area contributed by atoms with Crippen LogP contribution in [0.25, 0.3) is 0 Å². The molecule has 0 heterocycles. The normalized spacial score (nSPS) is 14.8. The van der Waals surface area contributed by atoms with Crippen LogP contribution in [-0.4, -0.2) is 24.0 Å². The van der Waals surface area contributed by atoms with Crippen molar-refractivity contribution >= 4 is 0 Å². The Labute approximate surface area is 112 Å². The third-order valence-corrected chi connectivity index (χ3v) is 3.58. The Morgan fingerprint density at radius 3 is 2.00 bits per heavy atom. The molecule has 2 heteroatoms. The van der Waals surface area contributed by atoms with Crippen molar-refractivity contribution in [2.24, 2.45) is 5.73 Å². The van der Waals surface area contributed by atoms with Gasteiger partial charge in [-0.15, -0.1) is 0 Å². The SMILES string of the molecule is CCCN(CCC)C(C)C(N)c1ccc(C)cc1. The number of hydrogen-bond acceptors (Lipinski definition) is 2. The fraction of sp³-hybridized carbons (Fsp3) is 0.625. The van der Waals surface area contributed by atoms with Gasteiger partial charge in [-0.2, -0.15) is 0 Å². The van der Waals surface area contributed by atoms with Gasteiger partial charge in [0.1, 0.15) is 0 Å². The molecule has 1 aromatic carbocycles. The predicted molar refractivity (Wildman–Crippen MR) is 79.7 cm³/mol. The summed E-state index contributed by atoms with van der Waals surface area (Å²) < 4.78 is 0. The molecule has 0 aromatic heterocycles. The Balaban J connectivity index is 2.73. The molecule has 18 heavy (non-hydrogen) atoms. The molecule has 0 amide bonds. The lowest BCUT2D eigenvalue weighted by molar-refractivity contribution is 0.184. The van der Waals surface area contributed by atoms with Gasteiger partial charge < -0.3 is 5.73 Å². The first-order chi connectivity index (χ1) is 8.60. The van der Waals surface area contributed by atoms with Gasteiger partial charge in [0.25, 0.3) is 0 Å². The minimum absolute atomic E-state index is 0.101. The Bertz CT molecular complexity index is 325. The lowest BCUT2D eigenvalue weighted by atomic mass is 9.99. The van der Waals surface area contributed by atoms with Crippen LogP contribution < -0.4 is 5.73 Å². The van der Waals surface area contributed by atoms with Crippen molar-refractivity contribution in [2.75, 3.05) is 13.1 Å². The number of nitrogens with zero attached hydrogens (tertiary/aromatic N) is 1. The zero-order valence-electron chi connectivity index (χ0n) is 12.3. The number of benzene rings is 1. The summed E-state index contributed by atoms with van der Waals surface area (Å²) in [6.45, 7) is 11.1. The molecule has 0 saturated heterocycles. The summed E-state index contributed by atoms with van der Waals surface area (Å²) in [6, 6.07) is 9.10. The van der Waals surface area contributed by atoms with Crippen LogP contribution in [-0.2, 0) is 0 Å². The van der Waals surface area contributed by atoms with E-state index in [9.17, 15) is 0 Å². The van der Waals surface area contributed by atoms with Crippen molar-refractivity contribution < 1.29 is 0 Å². The molecule has 0 saturated carbocycles. The highest BCUT2D eigenvalue weighted by atomic mass is 15.2. The second-order valence-corrected chi connectivity index (χ2v) is 5.21. The number of rotatable bonds is 7. The van der Waals surface area contributed by atoms with Crippen LogP contribution in [0.1, 0.15) is 50.8 Å². The van der Waals surface area contributed by atoms with Crippen LogP contribution in [0.4, 0.5) is 0 Å². The molecule has 1 rings (SSSR count). The van der Waals surface area contributed by atoms with Gasteiger partial charge in [0, 0.05) is 12.1 Å². The van der Waals surface area contributed by atoms with Crippen LogP contribution in [0.15, 0.2) is 24.3 Å². The average molecular weight is 248 g/mol. The summed E-state index contributed by atoms with van der Waals surface area (Å²) in [5.41, 5.74) is 8.94. The van der Waals surface area contributed by atoms with E-state index >= 15 is 0 Å². The zero-order valence-corrected chi connectivity index (χ0v) is 12.3. The maximum Gasteiger partial charge on any atom is 0.0450 e. The first-order valence-corrected chi connectivity index (χ1v) is 7.16. The molecule has 0 spiro atoms. The molecule has 102 valence electrons. The summed E-state index contributed by atoms with van der Waals surface area (Å²) in [5.74, 6) is 0. The Morgan fingerprint density at radius 1 is 1.06 bits per heavy atom. The Hall–Kier alpha value is -0.860. The largest absolute Gasteiger partial charge is 0.323 e. The lowest BCUT2D eigenvalue weighted by Gasteiger charge is -2.33. The van der Waals surface area contributed by atoms with Gasteiger partial charge >= 0.3 is 0 Å². The maximum absolute atomic E-state index is 6.41. The van der Waals surface area contributed by atoms with E-state index in [4.69, 9.17) is 5.73 Å². The second-order valence-electron chi connectivity index (χ2n) is 5.21. The second kappa shape index (κ2) is 7.55. The summed E-state index contributed by atoms with van der Waals surface area (Å²) in [7, 11) is 0. The van der Waals surface area contributed by atoms with Crippen LogP contribution in [0, 0.1) is 6.92 Å². The molecule has 0 aliphatic carbocycles. The van der Waals surface area contributed by atoms with Crippen molar-refractivity contribution in [1.29, 1.82) is 0 Å². The quantitative estimate of drug-likeness (QED) is 0.800. The summed E-state index contributed by atoms with van der Waals surface area (Å²) in [4.78, 5) is 2.50. The van der Waals surface area contributed by atoms with Crippen LogP contribution in [0.2, 0.25) is 0 Å². The van der Waals surface area contributed by atoms with Gasteiger partial charge in [-0.25, -0.2) is 0 Å². The highest BCUT2D eigenvalue weighted by molar-refractivity contribution is 5.24. The van der Waals surface area contributed by atoms with E-state index in [1.165, 1.54) is 24.0 Å². The van der Waals surface area contributed by atoms with E-state index in [0.29, 0.717) is 6.04 Å². The molecular formula is C16H28N2. The Morgan fingerprint density at radius 2 is 1.56 bits per heavy atom. The minimum Gasteiger partial charge on any atom is -0.323 e. The topological polar surface area (TPSA) is 29.3 Å². The van der Waals surface area contributed by atoms with Crippen LogP contribution in [0.5, 0.6) is 0 Å². The molecule has 0 radical (unpaired) electrons. The molecule has 0 fully saturated rings. The molecule has 2 atom stereocenters. The van der Waals surface area contributed by atoms with Crippen molar-refractivity contribution in [1.82, 2.24) is 4.90 Å². The van der Waals surface area contributed by atoms with Crippen molar-refractivity contribution in [2.45, 2.75) is 52.6 Å². The fourth-order valence-electron chi connectivity index (χ4n) is 2.39. The molecule has 0 bridgehead atoms. The third kappa shape index (κ3) is 4.11. The van der Waals surface area contributed by atoms with E-state index in [1.54, 1.807) is 0 Å². The van der Waals surface area contributed by atoms with Crippen LogP contribution >= 0.6 is 0 Å². The summed E-state index contributed by atoms with van der Waals surface area (Å²) in [6.07, 6.45) is 2.37. The smallest absolute Gasteiger partial charge is 0.0450 e. The monoisotopic (exact) mass is 248 g/mol. The summed E-state index contributed by atoms with van der Waals surface area (Å²) in [5, 5.41) is 0. The number of nitrogens with two attached hydrogens (primary N) is 1. The van der Waals surface area contributed by atoms with Gasteiger partial charge in [0.15, 0.2) is 0 Å².